The minimum Gasteiger partial charge on any atom is -0.481 e. The van der Waals surface area contributed by atoms with Gasteiger partial charge in [0.1, 0.15) is 0 Å². The Morgan fingerprint density at radius 1 is 1.41 bits per heavy atom. The lowest BCUT2D eigenvalue weighted by molar-refractivity contribution is -0.133. The van der Waals surface area contributed by atoms with E-state index < -0.39 is 5.97 Å². The zero-order valence-corrected chi connectivity index (χ0v) is 10.1. The molecule has 1 N–H and O–H groups in total. The second-order valence-electron chi connectivity index (χ2n) is 3.60. The number of hydrogen-bond donors (Lipinski definition) is 1. The van der Waals surface area contributed by atoms with Crippen LogP contribution in [0.5, 0.6) is 0 Å². The van der Waals surface area contributed by atoms with Gasteiger partial charge in [0.15, 0.2) is 5.16 Å². The highest BCUT2D eigenvalue weighted by atomic mass is 32.2. The first-order valence-corrected chi connectivity index (χ1v) is 6.10. The average Bonchev–Trinajstić information content (AvgIpc) is 2.75. The van der Waals surface area contributed by atoms with E-state index in [1.807, 2.05) is 42.0 Å². The van der Waals surface area contributed by atoms with Crippen molar-refractivity contribution in [3.63, 3.8) is 0 Å². The minimum absolute atomic E-state index is 0.0167. The van der Waals surface area contributed by atoms with Crippen LogP contribution in [-0.4, -0.2) is 26.4 Å². The predicted molar refractivity (Wildman–Crippen MR) is 66.7 cm³/mol. The monoisotopic (exact) mass is 248 g/mol. The minimum atomic E-state index is -0.839. The Bertz CT molecular complexity index is 520. The summed E-state index contributed by atoms with van der Waals surface area (Å²) >= 11 is 1.21. The van der Waals surface area contributed by atoms with Gasteiger partial charge in [-0.3, -0.25) is 9.36 Å². The summed E-state index contributed by atoms with van der Waals surface area (Å²) in [5.74, 6) is -0.823. The Morgan fingerprint density at radius 2 is 2.12 bits per heavy atom. The highest BCUT2D eigenvalue weighted by Gasteiger charge is 2.07. The van der Waals surface area contributed by atoms with E-state index in [1.54, 1.807) is 6.20 Å². The maximum absolute atomic E-state index is 10.5. The molecule has 0 fully saturated rings. The largest absolute Gasteiger partial charge is 0.481 e. The number of aryl methyl sites for hydroxylation is 1. The average molecular weight is 248 g/mol. The number of carboxylic acid groups (broad SMARTS) is 1. The Hall–Kier alpha value is -1.75. The third-order valence-electron chi connectivity index (χ3n) is 2.24. The number of aliphatic carboxylic acids is 1. The molecule has 4 nitrogen and oxygen atoms in total. The lowest BCUT2D eigenvalue weighted by atomic mass is 10.2. The van der Waals surface area contributed by atoms with E-state index >= 15 is 0 Å². The van der Waals surface area contributed by atoms with Crippen LogP contribution in [0.2, 0.25) is 0 Å². The van der Waals surface area contributed by atoms with Gasteiger partial charge < -0.3 is 5.11 Å². The van der Waals surface area contributed by atoms with Crippen molar-refractivity contribution >= 4 is 17.7 Å². The number of hydrogen-bond acceptors (Lipinski definition) is 3. The number of imidazole rings is 1. The maximum Gasteiger partial charge on any atom is 0.313 e. The van der Waals surface area contributed by atoms with Crippen molar-refractivity contribution in [2.45, 2.75) is 12.1 Å². The second kappa shape index (κ2) is 5.05. The van der Waals surface area contributed by atoms with Crippen LogP contribution in [0.15, 0.2) is 41.8 Å². The topological polar surface area (TPSA) is 55.1 Å². The summed E-state index contributed by atoms with van der Waals surface area (Å²) in [6, 6.07) is 8.01. The molecule has 1 aromatic carbocycles. The Labute approximate surface area is 103 Å². The SMILES string of the molecule is Cc1ccc(-n2ccnc2SCC(=O)O)cc1. The first-order valence-electron chi connectivity index (χ1n) is 5.12. The van der Waals surface area contributed by atoms with Crippen molar-refractivity contribution in [3.8, 4) is 5.69 Å². The van der Waals surface area contributed by atoms with E-state index in [0.29, 0.717) is 5.16 Å². The maximum atomic E-state index is 10.5. The van der Waals surface area contributed by atoms with E-state index in [0.717, 1.165) is 5.69 Å². The molecule has 2 rings (SSSR count). The summed E-state index contributed by atoms with van der Waals surface area (Å²) in [6.07, 6.45) is 3.50. The summed E-state index contributed by atoms with van der Waals surface area (Å²) in [5.41, 5.74) is 2.18. The zero-order chi connectivity index (χ0) is 12.3. The number of aromatic nitrogens is 2. The van der Waals surface area contributed by atoms with Gasteiger partial charge in [0.25, 0.3) is 0 Å². The normalized spacial score (nSPS) is 10.4. The zero-order valence-electron chi connectivity index (χ0n) is 9.33. The van der Waals surface area contributed by atoms with Crippen molar-refractivity contribution in [1.29, 1.82) is 0 Å². The van der Waals surface area contributed by atoms with Gasteiger partial charge in [-0.2, -0.15) is 0 Å². The van der Waals surface area contributed by atoms with Crippen LogP contribution in [0.3, 0.4) is 0 Å². The molecule has 5 heteroatoms. The Morgan fingerprint density at radius 3 is 2.76 bits per heavy atom. The standard InChI is InChI=1S/C12H12N2O2S/c1-9-2-4-10(5-3-9)14-7-6-13-12(14)17-8-11(15)16/h2-7H,8H2,1H3,(H,15,16). The highest BCUT2D eigenvalue weighted by molar-refractivity contribution is 7.99. The van der Waals surface area contributed by atoms with Crippen molar-refractivity contribution in [1.82, 2.24) is 9.55 Å². The molecule has 0 aliphatic rings. The third kappa shape index (κ3) is 2.88. The van der Waals surface area contributed by atoms with Crippen LogP contribution >= 0.6 is 11.8 Å². The molecule has 88 valence electrons. The molecule has 0 saturated carbocycles. The van der Waals surface area contributed by atoms with E-state index in [9.17, 15) is 4.79 Å². The quantitative estimate of drug-likeness (QED) is 0.844. The third-order valence-corrected chi connectivity index (χ3v) is 3.20. The summed E-state index contributed by atoms with van der Waals surface area (Å²) in [6.45, 7) is 2.03. The van der Waals surface area contributed by atoms with Crippen molar-refractivity contribution < 1.29 is 9.90 Å². The molecule has 0 spiro atoms. The number of nitrogens with zero attached hydrogens (tertiary/aromatic N) is 2. The number of rotatable bonds is 4. The smallest absolute Gasteiger partial charge is 0.313 e. The summed E-state index contributed by atoms with van der Waals surface area (Å²) in [7, 11) is 0. The van der Waals surface area contributed by atoms with Gasteiger partial charge in [0, 0.05) is 18.1 Å². The number of benzene rings is 1. The van der Waals surface area contributed by atoms with E-state index in [-0.39, 0.29) is 5.75 Å². The lowest BCUT2D eigenvalue weighted by Gasteiger charge is -2.06. The molecule has 0 radical (unpaired) electrons. The van der Waals surface area contributed by atoms with Gasteiger partial charge in [-0.25, -0.2) is 4.98 Å². The van der Waals surface area contributed by atoms with Gasteiger partial charge in [0.2, 0.25) is 0 Å². The fourth-order valence-electron chi connectivity index (χ4n) is 1.42. The molecule has 0 aliphatic carbocycles. The molecule has 0 amide bonds. The fourth-order valence-corrected chi connectivity index (χ4v) is 2.12. The second-order valence-corrected chi connectivity index (χ2v) is 4.54. The van der Waals surface area contributed by atoms with Crippen molar-refractivity contribution in [2.75, 3.05) is 5.75 Å². The molecular formula is C12H12N2O2S. The van der Waals surface area contributed by atoms with Gasteiger partial charge in [-0.15, -0.1) is 0 Å². The molecule has 0 unspecified atom stereocenters. The predicted octanol–water partition coefficient (Wildman–Crippen LogP) is 2.36. The van der Waals surface area contributed by atoms with Crippen LogP contribution in [0.1, 0.15) is 5.56 Å². The molecule has 17 heavy (non-hydrogen) atoms. The molecule has 0 aliphatic heterocycles. The van der Waals surface area contributed by atoms with Gasteiger partial charge in [-0.05, 0) is 19.1 Å². The first-order chi connectivity index (χ1) is 8.16. The van der Waals surface area contributed by atoms with Gasteiger partial charge >= 0.3 is 5.97 Å². The van der Waals surface area contributed by atoms with Crippen molar-refractivity contribution in [3.05, 3.63) is 42.2 Å². The molecular weight excluding hydrogens is 236 g/mol. The van der Waals surface area contributed by atoms with E-state index in [2.05, 4.69) is 4.98 Å². The van der Waals surface area contributed by atoms with Crippen LogP contribution in [-0.2, 0) is 4.79 Å². The molecule has 1 heterocycles. The van der Waals surface area contributed by atoms with E-state index in [4.69, 9.17) is 5.11 Å². The van der Waals surface area contributed by atoms with Crippen LogP contribution in [0, 0.1) is 6.92 Å². The first kappa shape index (κ1) is 11.7. The highest BCUT2D eigenvalue weighted by Crippen LogP contribution is 2.20. The number of carboxylic acids is 1. The Balaban J connectivity index is 2.24. The Kier molecular flexibility index (Phi) is 3.49. The van der Waals surface area contributed by atoms with Crippen LogP contribution in [0.25, 0.3) is 5.69 Å². The summed E-state index contributed by atoms with van der Waals surface area (Å²) < 4.78 is 1.88. The molecule has 0 bridgehead atoms. The summed E-state index contributed by atoms with van der Waals surface area (Å²) in [5, 5.41) is 9.34. The molecule has 0 atom stereocenters. The fraction of sp³-hybridized carbons (Fsp3) is 0.167. The lowest BCUT2D eigenvalue weighted by Crippen LogP contribution is -2.01. The summed E-state index contributed by atoms with van der Waals surface area (Å²) in [4.78, 5) is 14.7. The molecule has 1 aromatic heterocycles. The van der Waals surface area contributed by atoms with Gasteiger partial charge in [0.05, 0.1) is 5.75 Å². The van der Waals surface area contributed by atoms with Gasteiger partial charge in [-0.1, -0.05) is 29.5 Å². The molecule has 0 saturated heterocycles. The number of thioether (sulfide) groups is 1. The van der Waals surface area contributed by atoms with Crippen molar-refractivity contribution in [2.24, 2.45) is 0 Å². The molecule has 2 aromatic rings. The van der Waals surface area contributed by atoms with E-state index in [1.165, 1.54) is 17.3 Å². The van der Waals surface area contributed by atoms with Crippen LogP contribution < -0.4 is 0 Å². The number of carbonyl (C=O) groups is 1. The van der Waals surface area contributed by atoms with Crippen LogP contribution in [0.4, 0.5) is 0 Å².